The van der Waals surface area contributed by atoms with Crippen LogP contribution in [0.25, 0.3) is 0 Å². The summed E-state index contributed by atoms with van der Waals surface area (Å²) in [6, 6.07) is 6.21. The van der Waals surface area contributed by atoms with E-state index in [1.807, 2.05) is 18.2 Å². The molecule has 29 heavy (non-hydrogen) atoms. The van der Waals surface area contributed by atoms with Crippen LogP contribution in [-0.4, -0.2) is 25.2 Å². The summed E-state index contributed by atoms with van der Waals surface area (Å²) in [6.07, 6.45) is 10.4. The lowest BCUT2D eigenvalue weighted by Gasteiger charge is -2.43. The maximum atomic E-state index is 12.9. The molecule has 3 saturated carbocycles. The highest BCUT2D eigenvalue weighted by molar-refractivity contribution is 5.85. The molecule has 0 heterocycles. The lowest BCUT2D eigenvalue weighted by atomic mass is 9.65. The molecule has 4 rings (SSSR count). The summed E-state index contributed by atoms with van der Waals surface area (Å²) in [5, 5.41) is 3.17. The van der Waals surface area contributed by atoms with Gasteiger partial charge in [-0.3, -0.25) is 4.79 Å². The molecule has 2 unspecified atom stereocenters. The van der Waals surface area contributed by atoms with Gasteiger partial charge in [-0.25, -0.2) is 0 Å². The Balaban J connectivity index is 0.00000240. The van der Waals surface area contributed by atoms with E-state index >= 15 is 0 Å². The van der Waals surface area contributed by atoms with Crippen molar-refractivity contribution in [2.45, 2.75) is 76.5 Å². The monoisotopic (exact) mass is 422 g/mol. The molecule has 0 aromatic heterocycles. The summed E-state index contributed by atoms with van der Waals surface area (Å²) in [7, 11) is 1.67. The number of para-hydroxylation sites is 1. The van der Waals surface area contributed by atoms with E-state index in [0.717, 1.165) is 42.7 Å². The number of nitrogens with one attached hydrogen (secondary N) is 1. The molecule has 1 aromatic rings. The van der Waals surface area contributed by atoms with Crippen molar-refractivity contribution in [2.24, 2.45) is 23.5 Å². The Morgan fingerprint density at radius 1 is 1.10 bits per heavy atom. The molecule has 3 aliphatic carbocycles. The summed E-state index contributed by atoms with van der Waals surface area (Å²) < 4.78 is 11.8. The molecule has 3 aliphatic rings. The predicted molar refractivity (Wildman–Crippen MR) is 117 cm³/mol. The van der Waals surface area contributed by atoms with Gasteiger partial charge >= 0.3 is 0 Å². The maximum absolute atomic E-state index is 12.9. The van der Waals surface area contributed by atoms with Crippen molar-refractivity contribution in [3.63, 3.8) is 0 Å². The van der Waals surface area contributed by atoms with E-state index < -0.39 is 0 Å². The number of hydrogen-bond donors (Lipinski definition) is 2. The second-order valence-electron chi connectivity index (χ2n) is 8.89. The molecular formula is C23H35ClN2O3. The van der Waals surface area contributed by atoms with Gasteiger partial charge in [-0.2, -0.15) is 0 Å². The first-order chi connectivity index (χ1) is 13.7. The molecule has 2 atom stereocenters. The van der Waals surface area contributed by atoms with Gasteiger partial charge in [-0.15, -0.1) is 12.4 Å². The number of rotatable bonds is 6. The molecule has 0 saturated heterocycles. The zero-order chi connectivity index (χ0) is 19.5. The van der Waals surface area contributed by atoms with Gasteiger partial charge in [0.15, 0.2) is 11.5 Å². The van der Waals surface area contributed by atoms with Crippen LogP contribution in [0.2, 0.25) is 0 Å². The van der Waals surface area contributed by atoms with E-state index in [1.165, 1.54) is 32.1 Å². The zero-order valence-corrected chi connectivity index (χ0v) is 18.2. The lowest BCUT2D eigenvalue weighted by molar-refractivity contribution is -0.128. The molecule has 162 valence electrons. The van der Waals surface area contributed by atoms with Gasteiger partial charge in [0.25, 0.3) is 0 Å². The second-order valence-corrected chi connectivity index (χ2v) is 8.89. The Hall–Kier alpha value is -1.46. The van der Waals surface area contributed by atoms with Crippen LogP contribution in [0.4, 0.5) is 0 Å². The highest BCUT2D eigenvalue weighted by Crippen LogP contribution is 2.42. The molecule has 2 bridgehead atoms. The van der Waals surface area contributed by atoms with Crippen molar-refractivity contribution in [1.29, 1.82) is 0 Å². The Bertz CT molecular complexity index is 679. The average molecular weight is 423 g/mol. The first kappa shape index (κ1) is 22.2. The average Bonchev–Trinajstić information content (AvgIpc) is 3.20. The number of amides is 1. The van der Waals surface area contributed by atoms with Crippen LogP contribution in [0.1, 0.15) is 63.4 Å². The SMILES string of the molecule is COc1cccc(CNC(=O)C2CC3CCCC(C2)C3N)c1OC1CCCC1.Cl. The molecule has 1 aromatic carbocycles. The van der Waals surface area contributed by atoms with Crippen LogP contribution in [0.3, 0.4) is 0 Å². The minimum absolute atomic E-state index is 0. The molecule has 0 aliphatic heterocycles. The predicted octanol–water partition coefficient (Wildman–Crippen LogP) is 4.21. The smallest absolute Gasteiger partial charge is 0.223 e. The van der Waals surface area contributed by atoms with Crippen LogP contribution in [-0.2, 0) is 11.3 Å². The van der Waals surface area contributed by atoms with Crippen molar-refractivity contribution in [1.82, 2.24) is 5.32 Å². The van der Waals surface area contributed by atoms with Crippen LogP contribution < -0.4 is 20.5 Å². The lowest BCUT2D eigenvalue weighted by Crippen LogP contribution is -2.49. The van der Waals surface area contributed by atoms with Gasteiger partial charge in [-0.05, 0) is 69.3 Å². The van der Waals surface area contributed by atoms with E-state index in [4.69, 9.17) is 15.2 Å². The third kappa shape index (κ3) is 5.00. The van der Waals surface area contributed by atoms with Crippen molar-refractivity contribution in [3.8, 4) is 11.5 Å². The van der Waals surface area contributed by atoms with Gasteiger partial charge in [0.1, 0.15) is 0 Å². The Morgan fingerprint density at radius 3 is 2.45 bits per heavy atom. The largest absolute Gasteiger partial charge is 0.493 e. The number of methoxy groups -OCH3 is 1. The third-order valence-corrected chi connectivity index (χ3v) is 7.10. The van der Waals surface area contributed by atoms with Crippen molar-refractivity contribution < 1.29 is 14.3 Å². The first-order valence-electron chi connectivity index (χ1n) is 11.0. The molecule has 0 spiro atoms. The van der Waals surface area contributed by atoms with Crippen molar-refractivity contribution >= 4 is 18.3 Å². The maximum Gasteiger partial charge on any atom is 0.223 e. The fraction of sp³-hybridized carbons (Fsp3) is 0.696. The highest BCUT2D eigenvalue weighted by Gasteiger charge is 2.40. The number of benzene rings is 1. The van der Waals surface area contributed by atoms with Gasteiger partial charge < -0.3 is 20.5 Å². The summed E-state index contributed by atoms with van der Waals surface area (Å²) in [4.78, 5) is 12.9. The normalized spacial score (nSPS) is 29.0. The van der Waals surface area contributed by atoms with Gasteiger partial charge in [0, 0.05) is 24.1 Å². The Morgan fingerprint density at radius 2 is 1.79 bits per heavy atom. The van der Waals surface area contributed by atoms with Crippen molar-refractivity contribution in [2.75, 3.05) is 7.11 Å². The standard InChI is InChI=1S/C23H34N2O3.ClH/c1-27-20-11-5-8-17(22(20)28-19-9-2-3-10-19)14-25-23(26)18-12-15-6-4-7-16(13-18)21(15)24;/h5,8,11,15-16,18-19,21H,2-4,6-7,9-10,12-14,24H2,1H3,(H,25,26);1H. The molecule has 0 radical (unpaired) electrons. The fourth-order valence-corrected chi connectivity index (χ4v) is 5.50. The van der Waals surface area contributed by atoms with Crippen LogP contribution in [0, 0.1) is 17.8 Å². The highest BCUT2D eigenvalue weighted by atomic mass is 35.5. The molecule has 6 heteroatoms. The summed E-state index contributed by atoms with van der Waals surface area (Å²) >= 11 is 0. The van der Waals surface area contributed by atoms with Crippen LogP contribution >= 0.6 is 12.4 Å². The van der Waals surface area contributed by atoms with Gasteiger partial charge in [0.05, 0.1) is 13.2 Å². The number of carbonyl (C=O) groups is 1. The van der Waals surface area contributed by atoms with E-state index in [9.17, 15) is 4.79 Å². The Kier molecular flexibility index (Phi) is 7.69. The number of hydrogen-bond acceptors (Lipinski definition) is 4. The first-order valence-corrected chi connectivity index (χ1v) is 11.0. The molecule has 3 fully saturated rings. The van der Waals surface area contributed by atoms with Crippen LogP contribution in [0.15, 0.2) is 18.2 Å². The molecule has 5 nitrogen and oxygen atoms in total. The number of ether oxygens (including phenoxy) is 2. The summed E-state index contributed by atoms with van der Waals surface area (Å²) in [5.74, 6) is 2.83. The Labute approximate surface area is 180 Å². The number of halogens is 1. The van der Waals surface area contributed by atoms with Gasteiger partial charge in [-0.1, -0.05) is 18.6 Å². The minimum atomic E-state index is 0. The number of fused-ring (bicyclic) bond motifs is 2. The molecular weight excluding hydrogens is 388 g/mol. The second kappa shape index (κ2) is 10.0. The quantitative estimate of drug-likeness (QED) is 0.720. The summed E-state index contributed by atoms with van der Waals surface area (Å²) in [6.45, 7) is 0.482. The zero-order valence-electron chi connectivity index (χ0n) is 17.4. The summed E-state index contributed by atoms with van der Waals surface area (Å²) in [5.41, 5.74) is 7.37. The molecule has 1 amide bonds. The number of carbonyl (C=O) groups excluding carboxylic acids is 1. The van der Waals surface area contributed by atoms with Crippen LogP contribution in [0.5, 0.6) is 11.5 Å². The molecule has 3 N–H and O–H groups in total. The van der Waals surface area contributed by atoms with E-state index in [0.29, 0.717) is 24.4 Å². The fourth-order valence-electron chi connectivity index (χ4n) is 5.50. The van der Waals surface area contributed by atoms with Gasteiger partial charge in [0.2, 0.25) is 5.91 Å². The third-order valence-electron chi connectivity index (χ3n) is 7.10. The number of nitrogens with two attached hydrogens (primary N) is 1. The van der Waals surface area contributed by atoms with E-state index in [2.05, 4.69) is 5.32 Å². The van der Waals surface area contributed by atoms with E-state index in [-0.39, 0.29) is 30.3 Å². The topological polar surface area (TPSA) is 73.6 Å². The van der Waals surface area contributed by atoms with E-state index in [1.54, 1.807) is 7.11 Å². The van der Waals surface area contributed by atoms with Crippen molar-refractivity contribution in [3.05, 3.63) is 23.8 Å². The minimum Gasteiger partial charge on any atom is -0.493 e.